The average Bonchev–Trinajstić information content (AvgIpc) is 2.71. The lowest BCUT2D eigenvalue weighted by Gasteiger charge is -2.18. The van der Waals surface area contributed by atoms with Crippen molar-refractivity contribution < 1.29 is 0 Å². The van der Waals surface area contributed by atoms with E-state index in [1.165, 1.54) is 4.88 Å². The molecule has 102 valence electrons. The van der Waals surface area contributed by atoms with Crippen LogP contribution < -0.4 is 11.1 Å². The molecule has 0 atom stereocenters. The molecule has 0 bridgehead atoms. The SMILES string of the molecule is Cc1ncc(CNc2cc(N)nc(C(C)(C)C)n2)s1. The van der Waals surface area contributed by atoms with Gasteiger partial charge in [-0.15, -0.1) is 11.3 Å². The van der Waals surface area contributed by atoms with Gasteiger partial charge in [-0.25, -0.2) is 15.0 Å². The van der Waals surface area contributed by atoms with Crippen molar-refractivity contribution in [2.24, 2.45) is 0 Å². The Hall–Kier alpha value is -1.69. The molecule has 0 fully saturated rings. The number of nitrogens with two attached hydrogens (primary N) is 1. The fourth-order valence-corrected chi connectivity index (χ4v) is 2.29. The molecule has 0 aliphatic heterocycles. The highest BCUT2D eigenvalue weighted by molar-refractivity contribution is 7.11. The van der Waals surface area contributed by atoms with Gasteiger partial charge in [-0.05, 0) is 6.92 Å². The summed E-state index contributed by atoms with van der Waals surface area (Å²) in [6.07, 6.45) is 1.88. The maximum Gasteiger partial charge on any atom is 0.138 e. The molecule has 0 aliphatic carbocycles. The minimum atomic E-state index is -0.118. The standard InChI is InChI=1S/C13H19N5S/c1-8-15-6-9(19-8)7-16-11-5-10(14)17-12(18-11)13(2,3)4/h5-6H,7H2,1-4H3,(H3,14,16,17,18). The largest absolute Gasteiger partial charge is 0.384 e. The van der Waals surface area contributed by atoms with E-state index in [4.69, 9.17) is 5.73 Å². The monoisotopic (exact) mass is 277 g/mol. The van der Waals surface area contributed by atoms with Crippen molar-refractivity contribution >= 4 is 23.0 Å². The minimum Gasteiger partial charge on any atom is -0.384 e. The van der Waals surface area contributed by atoms with Crippen LogP contribution in [0.2, 0.25) is 0 Å². The number of hydrogen-bond acceptors (Lipinski definition) is 6. The first-order valence-corrected chi connectivity index (χ1v) is 6.96. The third-order valence-corrected chi connectivity index (χ3v) is 3.44. The molecule has 2 heterocycles. The van der Waals surface area contributed by atoms with Gasteiger partial charge in [0.25, 0.3) is 0 Å². The molecule has 0 saturated carbocycles. The lowest BCUT2D eigenvalue weighted by atomic mass is 9.96. The van der Waals surface area contributed by atoms with Gasteiger partial charge >= 0.3 is 0 Å². The molecule has 0 aromatic carbocycles. The van der Waals surface area contributed by atoms with Crippen molar-refractivity contribution in [3.8, 4) is 0 Å². The second-order valence-electron chi connectivity index (χ2n) is 5.45. The Bertz CT molecular complexity index is 571. The van der Waals surface area contributed by atoms with Crippen LogP contribution in [-0.2, 0) is 12.0 Å². The molecule has 2 rings (SSSR count). The summed E-state index contributed by atoms with van der Waals surface area (Å²) in [5.74, 6) is 1.99. The number of aromatic nitrogens is 3. The maximum absolute atomic E-state index is 5.83. The summed E-state index contributed by atoms with van der Waals surface area (Å²) >= 11 is 1.67. The van der Waals surface area contributed by atoms with E-state index in [1.807, 2.05) is 13.1 Å². The minimum absolute atomic E-state index is 0.118. The summed E-state index contributed by atoms with van der Waals surface area (Å²) in [5, 5.41) is 4.33. The van der Waals surface area contributed by atoms with Gasteiger partial charge in [0.15, 0.2) is 0 Å². The van der Waals surface area contributed by atoms with Crippen molar-refractivity contribution in [1.82, 2.24) is 15.0 Å². The average molecular weight is 277 g/mol. The normalized spacial score (nSPS) is 11.6. The van der Waals surface area contributed by atoms with Crippen molar-refractivity contribution in [1.29, 1.82) is 0 Å². The van der Waals surface area contributed by atoms with Gasteiger partial charge < -0.3 is 11.1 Å². The molecule has 2 aromatic rings. The Labute approximate surface area is 117 Å². The van der Waals surface area contributed by atoms with Crippen molar-refractivity contribution in [3.05, 3.63) is 28.0 Å². The Morgan fingerprint density at radius 3 is 2.63 bits per heavy atom. The van der Waals surface area contributed by atoms with Crippen molar-refractivity contribution in [2.75, 3.05) is 11.1 Å². The van der Waals surface area contributed by atoms with Crippen LogP contribution in [-0.4, -0.2) is 15.0 Å². The molecule has 5 nitrogen and oxygen atoms in total. The first-order chi connectivity index (χ1) is 8.84. The van der Waals surface area contributed by atoms with Gasteiger partial charge in [-0.3, -0.25) is 0 Å². The van der Waals surface area contributed by atoms with Crippen LogP contribution in [0.25, 0.3) is 0 Å². The predicted molar refractivity (Wildman–Crippen MR) is 79.3 cm³/mol. The Morgan fingerprint density at radius 1 is 1.32 bits per heavy atom. The molecular formula is C13H19N5S. The van der Waals surface area contributed by atoms with Gasteiger partial charge in [0, 0.05) is 22.6 Å². The van der Waals surface area contributed by atoms with Gasteiger partial charge in [0.2, 0.25) is 0 Å². The fourth-order valence-electron chi connectivity index (χ4n) is 1.56. The summed E-state index contributed by atoms with van der Waals surface area (Å²) in [6.45, 7) is 8.90. The molecule has 19 heavy (non-hydrogen) atoms. The second-order valence-corrected chi connectivity index (χ2v) is 6.77. The molecule has 3 N–H and O–H groups in total. The number of aryl methyl sites for hydroxylation is 1. The van der Waals surface area contributed by atoms with Crippen LogP contribution in [0.15, 0.2) is 12.3 Å². The zero-order valence-electron chi connectivity index (χ0n) is 11.7. The highest BCUT2D eigenvalue weighted by Gasteiger charge is 2.18. The summed E-state index contributed by atoms with van der Waals surface area (Å²) in [7, 11) is 0. The third kappa shape index (κ3) is 3.64. The molecular weight excluding hydrogens is 258 g/mol. The Morgan fingerprint density at radius 2 is 2.05 bits per heavy atom. The second kappa shape index (κ2) is 5.13. The molecule has 0 aliphatic rings. The Balaban J connectivity index is 2.14. The summed E-state index contributed by atoms with van der Waals surface area (Å²) in [6, 6.07) is 1.75. The summed E-state index contributed by atoms with van der Waals surface area (Å²) in [5.41, 5.74) is 5.71. The van der Waals surface area contributed by atoms with Crippen LogP contribution in [0.3, 0.4) is 0 Å². The maximum atomic E-state index is 5.83. The third-order valence-electron chi connectivity index (χ3n) is 2.53. The van der Waals surface area contributed by atoms with E-state index in [9.17, 15) is 0 Å². The summed E-state index contributed by atoms with van der Waals surface area (Å²) < 4.78 is 0. The number of nitrogens with zero attached hydrogens (tertiary/aromatic N) is 3. The van der Waals surface area contributed by atoms with E-state index in [-0.39, 0.29) is 5.41 Å². The highest BCUT2D eigenvalue weighted by atomic mass is 32.1. The van der Waals surface area contributed by atoms with E-state index in [0.717, 1.165) is 16.6 Å². The van der Waals surface area contributed by atoms with Crippen LogP contribution in [0.4, 0.5) is 11.6 Å². The molecule has 6 heteroatoms. The van der Waals surface area contributed by atoms with E-state index in [0.29, 0.717) is 12.4 Å². The van der Waals surface area contributed by atoms with E-state index >= 15 is 0 Å². The molecule has 0 unspecified atom stereocenters. The van der Waals surface area contributed by atoms with E-state index in [2.05, 4.69) is 41.0 Å². The predicted octanol–water partition coefficient (Wildman–Crippen LogP) is 2.73. The topological polar surface area (TPSA) is 76.7 Å². The van der Waals surface area contributed by atoms with Crippen molar-refractivity contribution in [3.63, 3.8) is 0 Å². The molecule has 0 spiro atoms. The fraction of sp³-hybridized carbons (Fsp3) is 0.462. The zero-order valence-corrected chi connectivity index (χ0v) is 12.5. The smallest absolute Gasteiger partial charge is 0.138 e. The number of anilines is 2. The van der Waals surface area contributed by atoms with Crippen molar-refractivity contribution in [2.45, 2.75) is 39.7 Å². The number of thiazole rings is 1. The lowest BCUT2D eigenvalue weighted by molar-refractivity contribution is 0.547. The van der Waals surface area contributed by atoms with Crippen LogP contribution in [0.1, 0.15) is 36.5 Å². The number of hydrogen-bond donors (Lipinski definition) is 2. The van der Waals surface area contributed by atoms with Crippen LogP contribution >= 0.6 is 11.3 Å². The molecule has 0 amide bonds. The van der Waals surface area contributed by atoms with Gasteiger partial charge in [0.1, 0.15) is 17.5 Å². The van der Waals surface area contributed by atoms with Gasteiger partial charge in [0.05, 0.1) is 11.6 Å². The van der Waals surface area contributed by atoms with Crippen LogP contribution in [0, 0.1) is 6.92 Å². The number of rotatable bonds is 3. The quantitative estimate of drug-likeness (QED) is 0.902. The number of nitrogen functional groups attached to an aromatic ring is 1. The lowest BCUT2D eigenvalue weighted by Crippen LogP contribution is -2.18. The molecule has 0 saturated heterocycles. The highest BCUT2D eigenvalue weighted by Crippen LogP contribution is 2.21. The van der Waals surface area contributed by atoms with Gasteiger partial charge in [-0.1, -0.05) is 20.8 Å². The van der Waals surface area contributed by atoms with Crippen LogP contribution in [0.5, 0.6) is 0 Å². The Kier molecular flexibility index (Phi) is 3.71. The first kappa shape index (κ1) is 13.7. The first-order valence-electron chi connectivity index (χ1n) is 6.15. The molecule has 0 radical (unpaired) electrons. The summed E-state index contributed by atoms with van der Waals surface area (Å²) in [4.78, 5) is 14.2. The van der Waals surface area contributed by atoms with E-state index in [1.54, 1.807) is 17.4 Å². The van der Waals surface area contributed by atoms with Gasteiger partial charge in [-0.2, -0.15) is 0 Å². The zero-order chi connectivity index (χ0) is 14.0. The molecule has 2 aromatic heterocycles. The van der Waals surface area contributed by atoms with E-state index < -0.39 is 0 Å². The number of nitrogens with one attached hydrogen (secondary N) is 1.